The van der Waals surface area contributed by atoms with Crippen molar-refractivity contribution in [3.05, 3.63) is 59.9 Å². The molecule has 0 atom stereocenters. The van der Waals surface area contributed by atoms with E-state index in [-0.39, 0.29) is 5.91 Å². The summed E-state index contributed by atoms with van der Waals surface area (Å²) in [5.74, 6) is -0.144. The van der Waals surface area contributed by atoms with Crippen molar-refractivity contribution in [2.75, 3.05) is 18.5 Å². The summed E-state index contributed by atoms with van der Waals surface area (Å²) in [7, 11) is 2.04. The van der Waals surface area contributed by atoms with E-state index in [1.54, 1.807) is 6.20 Å². The second kappa shape index (κ2) is 8.17. The van der Waals surface area contributed by atoms with Crippen LogP contribution in [0.15, 0.2) is 48.7 Å². The molecule has 2 aromatic rings. The van der Waals surface area contributed by atoms with Gasteiger partial charge >= 0.3 is 0 Å². The highest BCUT2D eigenvalue weighted by atomic mass is 16.1. The highest BCUT2D eigenvalue weighted by molar-refractivity contribution is 5.93. The van der Waals surface area contributed by atoms with Crippen molar-refractivity contribution in [3.63, 3.8) is 0 Å². The number of carbonyl (C=O) groups is 1. The average molecular weight is 297 g/mol. The maximum absolute atomic E-state index is 12.2. The van der Waals surface area contributed by atoms with Gasteiger partial charge in [0.15, 0.2) is 0 Å². The first-order chi connectivity index (χ1) is 10.7. The van der Waals surface area contributed by atoms with Gasteiger partial charge in [-0.1, -0.05) is 43.7 Å². The second-order valence-electron chi connectivity index (χ2n) is 5.34. The Balaban J connectivity index is 1.97. The molecule has 4 heteroatoms. The number of amides is 1. The summed E-state index contributed by atoms with van der Waals surface area (Å²) in [4.78, 5) is 18.5. The minimum Gasteiger partial charge on any atom is -0.374 e. The molecule has 1 heterocycles. The van der Waals surface area contributed by atoms with Crippen LogP contribution in [0, 0.1) is 0 Å². The smallest absolute Gasteiger partial charge is 0.270 e. The maximum Gasteiger partial charge on any atom is 0.270 e. The van der Waals surface area contributed by atoms with Crippen LogP contribution in [-0.4, -0.2) is 24.5 Å². The minimum absolute atomic E-state index is 0.144. The Labute approximate surface area is 132 Å². The lowest BCUT2D eigenvalue weighted by Gasteiger charge is -2.19. The summed E-state index contributed by atoms with van der Waals surface area (Å²) in [6, 6.07) is 13.6. The van der Waals surface area contributed by atoms with Gasteiger partial charge in [0.25, 0.3) is 5.91 Å². The van der Waals surface area contributed by atoms with Crippen molar-refractivity contribution in [1.82, 2.24) is 10.3 Å². The lowest BCUT2D eigenvalue weighted by molar-refractivity contribution is 0.0946. The fourth-order valence-corrected chi connectivity index (χ4v) is 2.17. The van der Waals surface area contributed by atoms with Gasteiger partial charge in [0, 0.05) is 32.0 Å². The number of hydrogen-bond donors (Lipinski definition) is 1. The third-order valence-electron chi connectivity index (χ3n) is 3.56. The number of nitrogens with zero attached hydrogens (tertiary/aromatic N) is 2. The van der Waals surface area contributed by atoms with E-state index in [1.165, 1.54) is 0 Å². The molecule has 1 aromatic heterocycles. The number of aromatic nitrogens is 1. The number of anilines is 1. The minimum atomic E-state index is -0.144. The lowest BCUT2D eigenvalue weighted by atomic mass is 10.2. The van der Waals surface area contributed by atoms with Gasteiger partial charge in [0.05, 0.1) is 0 Å². The monoisotopic (exact) mass is 297 g/mol. The predicted molar refractivity (Wildman–Crippen MR) is 90.0 cm³/mol. The Bertz CT molecular complexity index is 598. The summed E-state index contributed by atoms with van der Waals surface area (Å²) in [6.45, 7) is 3.66. The van der Waals surface area contributed by atoms with Gasteiger partial charge in [-0.25, -0.2) is 0 Å². The van der Waals surface area contributed by atoms with Crippen LogP contribution in [0.2, 0.25) is 0 Å². The molecule has 0 aliphatic carbocycles. The summed E-state index contributed by atoms with van der Waals surface area (Å²) in [5.41, 5.74) is 2.55. The zero-order chi connectivity index (χ0) is 15.8. The molecular weight excluding hydrogens is 274 g/mol. The molecule has 1 amide bonds. The van der Waals surface area contributed by atoms with E-state index < -0.39 is 0 Å². The van der Waals surface area contributed by atoms with Gasteiger partial charge in [-0.2, -0.15) is 0 Å². The van der Waals surface area contributed by atoms with Gasteiger partial charge < -0.3 is 10.2 Å². The van der Waals surface area contributed by atoms with E-state index in [2.05, 4.69) is 22.1 Å². The molecule has 0 saturated carbocycles. The Morgan fingerprint density at radius 3 is 2.73 bits per heavy atom. The normalized spacial score (nSPS) is 10.3. The van der Waals surface area contributed by atoms with Gasteiger partial charge in [-0.15, -0.1) is 0 Å². The third-order valence-corrected chi connectivity index (χ3v) is 3.56. The van der Waals surface area contributed by atoms with Crippen molar-refractivity contribution in [2.24, 2.45) is 0 Å². The number of benzene rings is 1. The van der Waals surface area contributed by atoms with E-state index in [9.17, 15) is 4.79 Å². The zero-order valence-electron chi connectivity index (χ0n) is 13.2. The number of hydrogen-bond acceptors (Lipinski definition) is 3. The standard InChI is InChI=1S/C18H23N3O/c1-3-4-12-21(2)16-10-11-19-17(13-16)18(22)20-14-15-8-6-5-7-9-15/h5-11,13H,3-4,12,14H2,1-2H3,(H,20,22). The number of nitrogens with one attached hydrogen (secondary N) is 1. The van der Waals surface area contributed by atoms with E-state index in [4.69, 9.17) is 0 Å². The van der Waals surface area contributed by atoms with E-state index in [0.29, 0.717) is 12.2 Å². The average Bonchev–Trinajstić information content (AvgIpc) is 2.58. The van der Waals surface area contributed by atoms with Gasteiger partial charge in [-0.05, 0) is 24.1 Å². The molecular formula is C18H23N3O. The molecule has 0 radical (unpaired) electrons. The number of carbonyl (C=O) groups excluding carboxylic acids is 1. The summed E-state index contributed by atoms with van der Waals surface area (Å²) >= 11 is 0. The molecule has 0 fully saturated rings. The van der Waals surface area contributed by atoms with Crippen molar-refractivity contribution >= 4 is 11.6 Å². The topological polar surface area (TPSA) is 45.2 Å². The first-order valence-electron chi connectivity index (χ1n) is 7.70. The molecule has 0 unspecified atom stereocenters. The number of rotatable bonds is 7. The van der Waals surface area contributed by atoms with Crippen LogP contribution in [-0.2, 0) is 6.54 Å². The second-order valence-corrected chi connectivity index (χ2v) is 5.34. The van der Waals surface area contributed by atoms with E-state index in [0.717, 1.165) is 30.6 Å². The summed E-state index contributed by atoms with van der Waals surface area (Å²) < 4.78 is 0. The van der Waals surface area contributed by atoms with Crippen LogP contribution < -0.4 is 10.2 Å². The van der Waals surface area contributed by atoms with Crippen molar-refractivity contribution in [3.8, 4) is 0 Å². The van der Waals surface area contributed by atoms with Crippen molar-refractivity contribution in [2.45, 2.75) is 26.3 Å². The van der Waals surface area contributed by atoms with Crippen LogP contribution in [0.1, 0.15) is 35.8 Å². The molecule has 0 spiro atoms. The Kier molecular flexibility index (Phi) is 5.95. The molecule has 0 aliphatic heterocycles. The quantitative estimate of drug-likeness (QED) is 0.853. The molecule has 22 heavy (non-hydrogen) atoms. The molecule has 1 aromatic carbocycles. The Morgan fingerprint density at radius 2 is 2.00 bits per heavy atom. The predicted octanol–water partition coefficient (Wildman–Crippen LogP) is 3.25. The molecule has 0 saturated heterocycles. The molecule has 0 bridgehead atoms. The lowest BCUT2D eigenvalue weighted by Crippen LogP contribution is -2.25. The zero-order valence-corrected chi connectivity index (χ0v) is 13.2. The summed E-state index contributed by atoms with van der Waals surface area (Å²) in [6.07, 6.45) is 3.98. The highest BCUT2D eigenvalue weighted by Crippen LogP contribution is 2.13. The Morgan fingerprint density at radius 1 is 1.23 bits per heavy atom. The fraction of sp³-hybridized carbons (Fsp3) is 0.333. The molecule has 4 nitrogen and oxygen atoms in total. The van der Waals surface area contributed by atoms with Crippen LogP contribution >= 0.6 is 0 Å². The highest BCUT2D eigenvalue weighted by Gasteiger charge is 2.09. The van der Waals surface area contributed by atoms with E-state index >= 15 is 0 Å². The van der Waals surface area contributed by atoms with Crippen LogP contribution in [0.4, 0.5) is 5.69 Å². The van der Waals surface area contributed by atoms with E-state index in [1.807, 2.05) is 49.5 Å². The third kappa shape index (κ3) is 4.58. The largest absolute Gasteiger partial charge is 0.374 e. The first-order valence-corrected chi connectivity index (χ1v) is 7.70. The maximum atomic E-state index is 12.2. The molecule has 2 rings (SSSR count). The Hall–Kier alpha value is -2.36. The van der Waals surface area contributed by atoms with Gasteiger partial charge in [0.2, 0.25) is 0 Å². The number of unbranched alkanes of at least 4 members (excludes halogenated alkanes) is 1. The van der Waals surface area contributed by atoms with Crippen LogP contribution in [0.3, 0.4) is 0 Å². The van der Waals surface area contributed by atoms with Crippen LogP contribution in [0.5, 0.6) is 0 Å². The SMILES string of the molecule is CCCCN(C)c1ccnc(C(=O)NCc2ccccc2)c1. The molecule has 1 N–H and O–H groups in total. The first kappa shape index (κ1) is 16.0. The van der Waals surface area contributed by atoms with Gasteiger partial charge in [-0.3, -0.25) is 9.78 Å². The summed E-state index contributed by atoms with van der Waals surface area (Å²) in [5, 5.41) is 2.90. The number of pyridine rings is 1. The fourth-order valence-electron chi connectivity index (χ4n) is 2.17. The van der Waals surface area contributed by atoms with Crippen molar-refractivity contribution < 1.29 is 4.79 Å². The van der Waals surface area contributed by atoms with Crippen molar-refractivity contribution in [1.29, 1.82) is 0 Å². The van der Waals surface area contributed by atoms with Crippen LogP contribution in [0.25, 0.3) is 0 Å². The van der Waals surface area contributed by atoms with Gasteiger partial charge in [0.1, 0.15) is 5.69 Å². The molecule has 116 valence electrons. The molecule has 0 aliphatic rings.